The van der Waals surface area contributed by atoms with Crippen molar-refractivity contribution in [2.24, 2.45) is 0 Å². The summed E-state index contributed by atoms with van der Waals surface area (Å²) in [4.78, 5) is 0. The normalized spacial score (nSPS) is 13.3. The van der Waals surface area contributed by atoms with Gasteiger partial charge in [-0.3, -0.25) is 0 Å². The van der Waals surface area contributed by atoms with E-state index in [1.54, 1.807) is 21.3 Å². The van der Waals surface area contributed by atoms with E-state index in [9.17, 15) is 0 Å². The van der Waals surface area contributed by atoms with E-state index in [1.165, 1.54) is 115 Å². The Morgan fingerprint density at radius 1 is 0.579 bits per heavy atom. The zero-order chi connectivity index (χ0) is 27.1. The van der Waals surface area contributed by atoms with Crippen LogP contribution in [0, 0.1) is 0 Å². The summed E-state index contributed by atoms with van der Waals surface area (Å²) in [6, 6.07) is 11.8. The molecular formula is C32H62BrNO3Si. The first kappa shape index (κ1) is 37.8. The number of benzene rings is 1. The van der Waals surface area contributed by atoms with Crippen molar-refractivity contribution < 1.29 is 34.7 Å². The lowest BCUT2D eigenvalue weighted by Gasteiger charge is -2.36. The van der Waals surface area contributed by atoms with Gasteiger partial charge in [0.1, 0.15) is 6.54 Å². The van der Waals surface area contributed by atoms with Gasteiger partial charge < -0.3 is 34.7 Å². The summed E-state index contributed by atoms with van der Waals surface area (Å²) in [6.45, 7) is 5.74. The first-order chi connectivity index (χ1) is 18.0. The second kappa shape index (κ2) is 24.5. The summed E-state index contributed by atoms with van der Waals surface area (Å²) in [5.74, 6) is 0. The Hall–Kier alpha value is -0.243. The average Bonchev–Trinajstić information content (AvgIpc) is 2.92. The van der Waals surface area contributed by atoms with Gasteiger partial charge in [-0.15, -0.1) is 0 Å². The number of unbranched alkanes of at least 4 members (excludes halogenated alkanes) is 15. The molecule has 1 aromatic carbocycles. The lowest BCUT2D eigenvalue weighted by molar-refractivity contribution is -0.922. The fourth-order valence-corrected chi connectivity index (χ4v) is 7.27. The molecule has 38 heavy (non-hydrogen) atoms. The number of hydrogen-bond acceptors (Lipinski definition) is 3. The molecule has 0 radical (unpaired) electrons. The van der Waals surface area contributed by atoms with E-state index in [0.29, 0.717) is 0 Å². The topological polar surface area (TPSA) is 27.7 Å². The third-order valence-electron chi connectivity index (χ3n) is 8.07. The Morgan fingerprint density at radius 3 is 1.39 bits per heavy atom. The van der Waals surface area contributed by atoms with Gasteiger partial charge in [-0.05, 0) is 12.8 Å². The molecule has 0 heterocycles. The van der Waals surface area contributed by atoms with Gasteiger partial charge in [-0.2, -0.15) is 0 Å². The molecule has 0 aliphatic carbocycles. The Morgan fingerprint density at radius 2 is 0.974 bits per heavy atom. The minimum Gasteiger partial charge on any atom is -1.00 e. The van der Waals surface area contributed by atoms with Crippen molar-refractivity contribution in [3.05, 3.63) is 35.9 Å². The average molecular weight is 617 g/mol. The predicted octanol–water partition coefficient (Wildman–Crippen LogP) is 6.17. The molecule has 0 bridgehead atoms. The van der Waals surface area contributed by atoms with E-state index in [4.69, 9.17) is 13.3 Å². The van der Waals surface area contributed by atoms with Crippen molar-refractivity contribution in [3.63, 3.8) is 0 Å². The van der Waals surface area contributed by atoms with Crippen molar-refractivity contribution in [3.8, 4) is 0 Å². The van der Waals surface area contributed by atoms with E-state index in [0.717, 1.165) is 30.0 Å². The van der Waals surface area contributed by atoms with Crippen LogP contribution in [0.3, 0.4) is 0 Å². The van der Waals surface area contributed by atoms with Crippen LogP contribution in [-0.2, 0) is 19.8 Å². The first-order valence-corrected chi connectivity index (χ1v) is 17.5. The molecular weight excluding hydrogens is 554 g/mol. The molecule has 1 aromatic rings. The molecule has 0 amide bonds. The molecule has 0 aliphatic rings. The molecule has 6 heteroatoms. The zero-order valence-corrected chi connectivity index (χ0v) is 28.4. The predicted molar refractivity (Wildman–Crippen MR) is 162 cm³/mol. The molecule has 0 saturated carbocycles. The van der Waals surface area contributed by atoms with E-state index in [2.05, 4.69) is 44.3 Å². The first-order valence-electron chi connectivity index (χ1n) is 15.6. The Kier molecular flexibility index (Phi) is 24.4. The molecule has 0 N–H and O–H groups in total. The maximum absolute atomic E-state index is 5.65. The summed E-state index contributed by atoms with van der Waals surface area (Å²) in [5, 5.41) is 0. The molecule has 1 atom stereocenters. The van der Waals surface area contributed by atoms with Crippen molar-refractivity contribution >= 4 is 8.80 Å². The van der Waals surface area contributed by atoms with Crippen molar-refractivity contribution in [1.82, 2.24) is 0 Å². The lowest BCUT2D eigenvalue weighted by atomic mass is 10.0. The quantitative estimate of drug-likeness (QED) is 0.0709. The molecule has 0 fully saturated rings. The summed E-state index contributed by atoms with van der Waals surface area (Å²) in [6.07, 6.45) is 23.8. The van der Waals surface area contributed by atoms with Gasteiger partial charge >= 0.3 is 8.80 Å². The van der Waals surface area contributed by atoms with Crippen LogP contribution >= 0.6 is 0 Å². The van der Waals surface area contributed by atoms with E-state index < -0.39 is 8.80 Å². The van der Waals surface area contributed by atoms with Crippen LogP contribution in [0.1, 0.15) is 122 Å². The van der Waals surface area contributed by atoms with Crippen molar-refractivity contribution in [2.75, 3.05) is 41.5 Å². The van der Waals surface area contributed by atoms with Crippen molar-refractivity contribution in [2.45, 2.75) is 129 Å². The van der Waals surface area contributed by atoms with Gasteiger partial charge in [0.05, 0.1) is 20.1 Å². The van der Waals surface area contributed by atoms with Crippen LogP contribution in [0.15, 0.2) is 30.3 Å². The van der Waals surface area contributed by atoms with E-state index in [1.807, 2.05) is 0 Å². The van der Waals surface area contributed by atoms with Crippen LogP contribution in [0.25, 0.3) is 0 Å². The monoisotopic (exact) mass is 615 g/mol. The highest BCUT2D eigenvalue weighted by Crippen LogP contribution is 2.21. The molecule has 1 rings (SSSR count). The summed E-state index contributed by atoms with van der Waals surface area (Å²) < 4.78 is 18.0. The van der Waals surface area contributed by atoms with Gasteiger partial charge in [0.15, 0.2) is 0 Å². The van der Waals surface area contributed by atoms with Gasteiger partial charge in [-0.1, -0.05) is 127 Å². The van der Waals surface area contributed by atoms with Crippen molar-refractivity contribution in [1.29, 1.82) is 0 Å². The van der Waals surface area contributed by atoms with Gasteiger partial charge in [0.25, 0.3) is 0 Å². The van der Waals surface area contributed by atoms with E-state index >= 15 is 0 Å². The minimum atomic E-state index is -2.50. The largest absolute Gasteiger partial charge is 1.00 e. The molecule has 0 saturated heterocycles. The molecule has 4 nitrogen and oxygen atoms in total. The van der Waals surface area contributed by atoms with Gasteiger partial charge in [-0.25, -0.2) is 0 Å². The number of quaternary nitrogens is 1. The third-order valence-corrected chi connectivity index (χ3v) is 10.9. The minimum absolute atomic E-state index is 0. The molecule has 224 valence electrons. The number of rotatable bonds is 26. The Balaban J connectivity index is 0.0000137. The highest BCUT2D eigenvalue weighted by Gasteiger charge is 2.38. The third kappa shape index (κ3) is 18.2. The smallest absolute Gasteiger partial charge is 0.500 e. The summed E-state index contributed by atoms with van der Waals surface area (Å²) >= 11 is 0. The van der Waals surface area contributed by atoms with E-state index in [-0.39, 0.29) is 17.0 Å². The molecule has 1 unspecified atom stereocenters. The summed E-state index contributed by atoms with van der Waals surface area (Å²) in [7, 11) is 5.08. The Labute approximate surface area is 248 Å². The number of halogens is 1. The van der Waals surface area contributed by atoms with Gasteiger partial charge in [0, 0.05) is 39.4 Å². The van der Waals surface area contributed by atoms with Crippen LogP contribution in [0.4, 0.5) is 0 Å². The van der Waals surface area contributed by atoms with Crippen LogP contribution < -0.4 is 17.0 Å². The standard InChI is InChI=1S/C32H62NO3Si.BrH/c1-6-7-8-9-10-11-12-13-14-15-16-17-18-19-20-24-28-33(2,31-32-26-22-21-23-27-32)29-25-30-37(34-3,35-4)36-5;/h21-23,26-27H,6-20,24-25,28-31H2,1-5H3;1H/q+1;/p-1. The maximum atomic E-state index is 5.65. The lowest BCUT2D eigenvalue weighted by Crippen LogP contribution is -3.00. The number of nitrogens with zero attached hydrogens (tertiary/aromatic N) is 1. The van der Waals surface area contributed by atoms with Crippen LogP contribution in [-0.4, -0.2) is 54.8 Å². The van der Waals surface area contributed by atoms with Gasteiger partial charge in [0.2, 0.25) is 0 Å². The van der Waals surface area contributed by atoms with Crippen LogP contribution in [0.5, 0.6) is 0 Å². The molecule has 0 aromatic heterocycles. The fraction of sp³-hybridized carbons (Fsp3) is 0.812. The SMILES string of the molecule is CCCCCCCCCCCCCCCCCC[N+](C)(CCC[Si](OC)(OC)OC)Cc1ccccc1.[Br-]. The molecule has 0 aliphatic heterocycles. The van der Waals surface area contributed by atoms with Crippen LogP contribution in [0.2, 0.25) is 6.04 Å². The second-order valence-corrected chi connectivity index (χ2v) is 14.5. The highest BCUT2D eigenvalue weighted by molar-refractivity contribution is 6.60. The Bertz CT molecular complexity index is 624. The second-order valence-electron chi connectivity index (χ2n) is 11.4. The summed E-state index contributed by atoms with van der Waals surface area (Å²) in [5.41, 5.74) is 1.43. The fourth-order valence-electron chi connectivity index (χ4n) is 5.57. The number of hydrogen-bond donors (Lipinski definition) is 0. The molecule has 0 spiro atoms. The highest BCUT2D eigenvalue weighted by atomic mass is 79.9. The maximum Gasteiger partial charge on any atom is 0.500 e. The zero-order valence-electron chi connectivity index (χ0n) is 25.8.